The minimum Gasteiger partial charge on any atom is -0.444 e. The Morgan fingerprint density at radius 2 is 2.14 bits per heavy atom. The van der Waals surface area contributed by atoms with Crippen LogP contribution < -0.4 is 10.2 Å². The van der Waals surface area contributed by atoms with E-state index >= 15 is 0 Å². The number of fused-ring (bicyclic) bond motifs is 1. The number of halogens is 2. The van der Waals surface area contributed by atoms with Gasteiger partial charge in [0.25, 0.3) is 0 Å². The third kappa shape index (κ3) is 6.42. The lowest BCUT2D eigenvalue weighted by Crippen LogP contribution is -2.52. The average Bonchev–Trinajstić information content (AvgIpc) is 3.00. The van der Waals surface area contributed by atoms with Crippen LogP contribution in [0.3, 0.4) is 0 Å². The molecule has 160 valence electrons. The summed E-state index contributed by atoms with van der Waals surface area (Å²) in [5, 5.41) is 8.45. The Labute approximate surface area is 194 Å². The molecule has 7 nitrogen and oxygen atoms in total. The number of nitrogens with zero attached hydrogens (tertiary/aromatic N) is 3. The number of unbranched alkanes of at least 4 members (excludes halogenated alkanes) is 1. The molecule has 1 fully saturated rings. The number of carbonyl (C=O) groups is 1. The fourth-order valence-corrected chi connectivity index (χ4v) is 5.09. The Morgan fingerprint density at radius 1 is 1.38 bits per heavy atom. The van der Waals surface area contributed by atoms with Crippen molar-refractivity contribution in [3.8, 4) is 0 Å². The number of carbonyl (C=O) groups excluding carboxylic acids is 1. The van der Waals surface area contributed by atoms with Crippen LogP contribution in [0.2, 0.25) is 0 Å². The zero-order valence-corrected chi connectivity index (χ0v) is 21.6. The number of aromatic nitrogens is 2. The molecule has 0 aliphatic carbocycles. The Kier molecular flexibility index (Phi) is 8.03. The van der Waals surface area contributed by atoms with Crippen molar-refractivity contribution >= 4 is 67.0 Å². The fraction of sp³-hybridized carbons (Fsp3) is 0.579. The normalized spacial score (nSPS) is 15.3. The topological polar surface area (TPSA) is 68.6 Å². The number of hydrogen-bond donors (Lipinski definition) is 1. The Morgan fingerprint density at radius 3 is 2.83 bits per heavy atom. The zero-order chi connectivity index (χ0) is 21.0. The van der Waals surface area contributed by atoms with Gasteiger partial charge in [0, 0.05) is 41.8 Å². The third-order valence-electron chi connectivity index (χ3n) is 4.49. The summed E-state index contributed by atoms with van der Waals surface area (Å²) in [6.07, 6.45) is 4.21. The zero-order valence-electron chi connectivity index (χ0n) is 16.9. The number of rotatable bonds is 8. The van der Waals surface area contributed by atoms with Gasteiger partial charge in [-0.1, -0.05) is 15.9 Å². The highest BCUT2D eigenvalue weighted by atomic mass is 127. The first-order chi connectivity index (χ1) is 13.8. The molecule has 0 spiro atoms. The molecular formula is C19H27BrIN4O3P. The van der Waals surface area contributed by atoms with Gasteiger partial charge in [0.15, 0.2) is 0 Å². The van der Waals surface area contributed by atoms with Crippen molar-refractivity contribution in [2.24, 2.45) is 0 Å². The van der Waals surface area contributed by atoms with E-state index in [4.69, 9.17) is 9.47 Å². The summed E-state index contributed by atoms with van der Waals surface area (Å²) in [5.74, 6) is 0. The van der Waals surface area contributed by atoms with Gasteiger partial charge in [0.1, 0.15) is 5.60 Å². The molecule has 0 bridgehead atoms. The second kappa shape index (κ2) is 10.1. The predicted octanol–water partition coefficient (Wildman–Crippen LogP) is 5.10. The second-order valence-corrected chi connectivity index (χ2v) is 11.0. The van der Waals surface area contributed by atoms with Gasteiger partial charge in [-0.05, 0) is 67.8 Å². The van der Waals surface area contributed by atoms with Crippen LogP contribution in [0.4, 0.5) is 10.5 Å². The number of nitrogens with one attached hydrogen (secondary N) is 1. The quantitative estimate of drug-likeness (QED) is 0.261. The van der Waals surface area contributed by atoms with Crippen LogP contribution in [0, 0.1) is 0 Å². The molecule has 2 aromatic rings. The minimum absolute atomic E-state index is 0.254. The van der Waals surface area contributed by atoms with E-state index in [1.165, 1.54) is 11.1 Å². The minimum atomic E-state index is -0.460. The number of hydrogen-bond acceptors (Lipinski definition) is 5. The second-order valence-electron chi connectivity index (χ2n) is 8.03. The van der Waals surface area contributed by atoms with E-state index in [0.717, 1.165) is 35.9 Å². The van der Waals surface area contributed by atoms with Crippen LogP contribution in [0.15, 0.2) is 22.8 Å². The molecule has 10 heteroatoms. The highest BCUT2D eigenvalue weighted by molar-refractivity contribution is 14.2. The molecule has 1 unspecified atom stereocenters. The molecule has 1 amide bonds. The van der Waals surface area contributed by atoms with Crippen LogP contribution in [-0.2, 0) is 9.47 Å². The summed E-state index contributed by atoms with van der Waals surface area (Å²) < 4.78 is 14.3. The molecule has 1 aliphatic heterocycles. The molecule has 1 atom stereocenters. The first kappa shape index (κ1) is 23.0. The van der Waals surface area contributed by atoms with Gasteiger partial charge >= 0.3 is 6.09 Å². The third-order valence-corrected chi connectivity index (χ3v) is 6.84. The number of anilines is 1. The number of amides is 1. The van der Waals surface area contributed by atoms with Gasteiger partial charge in [-0.3, -0.25) is 0 Å². The lowest BCUT2D eigenvalue weighted by molar-refractivity contribution is 0.0317. The summed E-state index contributed by atoms with van der Waals surface area (Å²) in [6.45, 7) is 8.66. The molecule has 1 N–H and O–H groups in total. The lowest BCUT2D eigenvalue weighted by Gasteiger charge is -2.41. The van der Waals surface area contributed by atoms with Crippen molar-refractivity contribution in [3.63, 3.8) is 0 Å². The smallest absolute Gasteiger partial charge is 0.407 e. The summed E-state index contributed by atoms with van der Waals surface area (Å²) in [6, 6.07) is 4.28. The maximum Gasteiger partial charge on any atom is 0.407 e. The van der Waals surface area contributed by atoms with Crippen molar-refractivity contribution in [2.45, 2.75) is 45.3 Å². The van der Waals surface area contributed by atoms with Gasteiger partial charge in [0.05, 0.1) is 24.2 Å². The highest BCUT2D eigenvalue weighted by Gasteiger charge is 2.29. The largest absolute Gasteiger partial charge is 0.444 e. The van der Waals surface area contributed by atoms with Crippen molar-refractivity contribution in [1.82, 2.24) is 14.9 Å². The summed E-state index contributed by atoms with van der Waals surface area (Å²) in [5.41, 5.74) is 1.90. The van der Waals surface area contributed by atoms with Crippen molar-refractivity contribution in [1.29, 1.82) is 0 Å². The van der Waals surface area contributed by atoms with Crippen LogP contribution >= 0.6 is 44.3 Å². The predicted molar refractivity (Wildman–Crippen MR) is 131 cm³/mol. The molecule has 0 radical (unpaired) electrons. The van der Waals surface area contributed by atoms with Gasteiger partial charge in [-0.25, -0.2) is 9.25 Å². The summed E-state index contributed by atoms with van der Waals surface area (Å²) >= 11 is 5.97. The fourth-order valence-electron chi connectivity index (χ4n) is 3.13. The summed E-state index contributed by atoms with van der Waals surface area (Å²) in [4.78, 5) is 13.9. The molecule has 0 saturated carbocycles. The van der Waals surface area contributed by atoms with Crippen molar-refractivity contribution in [3.05, 3.63) is 22.8 Å². The van der Waals surface area contributed by atoms with E-state index in [1.807, 2.05) is 31.4 Å². The molecule has 29 heavy (non-hydrogen) atoms. The molecule has 1 aromatic carbocycles. The molecule has 1 saturated heterocycles. The van der Waals surface area contributed by atoms with E-state index in [2.05, 4.69) is 65.4 Å². The van der Waals surface area contributed by atoms with Crippen LogP contribution in [0.25, 0.3) is 10.9 Å². The first-order valence-corrected chi connectivity index (χ1v) is 14.5. The Bertz CT molecular complexity index is 852. The molecule has 3 rings (SSSR count). The van der Waals surface area contributed by atoms with Gasteiger partial charge in [-0.15, -0.1) is 0 Å². The maximum absolute atomic E-state index is 11.6. The molecule has 2 heterocycles. The lowest BCUT2D eigenvalue weighted by atomic mass is 10.1. The monoisotopic (exact) mass is 596 g/mol. The van der Waals surface area contributed by atoms with E-state index in [1.54, 1.807) is 0 Å². The van der Waals surface area contributed by atoms with E-state index in [-0.39, 0.29) is 12.2 Å². The SMILES string of the molecule is CC(C)(C)OC(=O)NCCCCOC1CN(c2cc(Br)cc3c2cnn3PI)C1. The molecular weight excluding hydrogens is 570 g/mol. The highest BCUT2D eigenvalue weighted by Crippen LogP contribution is 2.37. The van der Waals surface area contributed by atoms with E-state index < -0.39 is 5.60 Å². The van der Waals surface area contributed by atoms with Gasteiger partial charge < -0.3 is 19.7 Å². The molecule has 1 aliphatic rings. The first-order valence-electron chi connectivity index (χ1n) is 9.64. The van der Waals surface area contributed by atoms with Crippen LogP contribution in [0.5, 0.6) is 0 Å². The average molecular weight is 597 g/mol. The van der Waals surface area contributed by atoms with E-state index in [0.29, 0.717) is 19.5 Å². The van der Waals surface area contributed by atoms with Crippen molar-refractivity contribution < 1.29 is 14.3 Å². The molecule has 1 aromatic heterocycles. The maximum atomic E-state index is 11.6. The van der Waals surface area contributed by atoms with Crippen LogP contribution in [-0.4, -0.2) is 53.6 Å². The van der Waals surface area contributed by atoms with Crippen LogP contribution in [0.1, 0.15) is 33.6 Å². The Hall–Kier alpha value is -0.640. The number of alkyl carbamates (subject to hydrolysis) is 1. The number of benzene rings is 1. The Balaban J connectivity index is 1.37. The summed E-state index contributed by atoms with van der Waals surface area (Å²) in [7, 11) is 0. The number of ether oxygens (including phenoxy) is 2. The van der Waals surface area contributed by atoms with Crippen molar-refractivity contribution in [2.75, 3.05) is 31.1 Å². The van der Waals surface area contributed by atoms with Gasteiger partial charge in [-0.2, -0.15) is 5.10 Å². The van der Waals surface area contributed by atoms with Gasteiger partial charge in [0.2, 0.25) is 0 Å². The standard InChI is InChI=1S/C19H27BrIN4O3P/c1-19(2,3)28-18(26)22-6-4-5-7-27-14-11-24(12-14)16-8-13(20)9-17-15(16)10-23-25(17)29-21/h8-10,14,29H,4-7,11-12H2,1-3H3,(H,22,26). The van der Waals surface area contributed by atoms with E-state index in [9.17, 15) is 4.79 Å².